The Bertz CT molecular complexity index is 682. The van der Waals surface area contributed by atoms with E-state index < -0.39 is 0 Å². The second kappa shape index (κ2) is 4.85. The van der Waals surface area contributed by atoms with Gasteiger partial charge in [-0.15, -0.1) is 11.3 Å². The van der Waals surface area contributed by atoms with E-state index in [1.54, 1.807) is 17.5 Å². The fourth-order valence-electron chi connectivity index (χ4n) is 1.91. The number of nitrogen functional groups attached to an aromatic ring is 1. The van der Waals surface area contributed by atoms with Crippen molar-refractivity contribution in [3.63, 3.8) is 0 Å². The van der Waals surface area contributed by atoms with Gasteiger partial charge in [0.05, 0.1) is 17.5 Å². The van der Waals surface area contributed by atoms with Crippen LogP contribution >= 0.6 is 11.3 Å². The highest BCUT2D eigenvalue weighted by Crippen LogP contribution is 2.31. The molecular formula is C14H14N4S. The molecule has 0 aliphatic rings. The largest absolute Gasteiger partial charge is 0.383 e. The van der Waals surface area contributed by atoms with Gasteiger partial charge in [-0.05, 0) is 12.0 Å². The molecule has 1 aromatic carbocycles. The molecule has 19 heavy (non-hydrogen) atoms. The van der Waals surface area contributed by atoms with Crippen molar-refractivity contribution in [2.45, 2.75) is 13.3 Å². The molecule has 2 heterocycles. The maximum absolute atomic E-state index is 5.81. The molecule has 96 valence electrons. The molecule has 0 atom stereocenters. The highest BCUT2D eigenvalue weighted by atomic mass is 32.1. The molecule has 5 heteroatoms. The summed E-state index contributed by atoms with van der Waals surface area (Å²) in [5.41, 5.74) is 10.1. The standard InChI is InChI=1S/C14H14N4S/c1-2-9-3-5-10(6-4-9)12-8-19-14(17-12)11-7-16-18-13(11)15/h3-8H,2H2,1H3,(H3,15,16,18). The number of anilines is 1. The quantitative estimate of drug-likeness (QED) is 0.767. The van der Waals surface area contributed by atoms with Crippen molar-refractivity contribution in [3.05, 3.63) is 41.4 Å². The first kappa shape index (κ1) is 11.9. The molecule has 2 aromatic heterocycles. The van der Waals surface area contributed by atoms with Crippen molar-refractivity contribution >= 4 is 17.2 Å². The lowest BCUT2D eigenvalue weighted by Gasteiger charge is -1.99. The van der Waals surface area contributed by atoms with Crippen LogP contribution in [0.25, 0.3) is 21.8 Å². The molecule has 0 radical (unpaired) electrons. The molecule has 0 aliphatic carbocycles. The van der Waals surface area contributed by atoms with Gasteiger partial charge in [-0.25, -0.2) is 4.98 Å². The van der Waals surface area contributed by atoms with E-state index in [1.165, 1.54) is 5.56 Å². The van der Waals surface area contributed by atoms with Crippen LogP contribution in [0.5, 0.6) is 0 Å². The number of H-pyrrole nitrogens is 1. The third-order valence-corrected chi connectivity index (χ3v) is 3.94. The molecule has 0 saturated heterocycles. The van der Waals surface area contributed by atoms with E-state index in [0.29, 0.717) is 5.82 Å². The third-order valence-electron chi connectivity index (χ3n) is 3.06. The van der Waals surface area contributed by atoms with Crippen LogP contribution < -0.4 is 5.73 Å². The predicted molar refractivity (Wildman–Crippen MR) is 78.9 cm³/mol. The second-order valence-electron chi connectivity index (χ2n) is 4.29. The van der Waals surface area contributed by atoms with Crippen LogP contribution in [0.1, 0.15) is 12.5 Å². The van der Waals surface area contributed by atoms with Crippen molar-refractivity contribution in [1.29, 1.82) is 0 Å². The molecule has 4 nitrogen and oxygen atoms in total. The SMILES string of the molecule is CCc1ccc(-c2csc(-c3cn[nH]c3N)n2)cc1. The van der Waals surface area contributed by atoms with Gasteiger partial charge in [0, 0.05) is 10.9 Å². The summed E-state index contributed by atoms with van der Waals surface area (Å²) in [6, 6.07) is 8.49. The number of hydrogen-bond acceptors (Lipinski definition) is 4. The zero-order chi connectivity index (χ0) is 13.2. The Balaban J connectivity index is 1.94. The van der Waals surface area contributed by atoms with Gasteiger partial charge in [-0.3, -0.25) is 5.10 Å². The van der Waals surface area contributed by atoms with Gasteiger partial charge in [0.1, 0.15) is 10.8 Å². The number of rotatable bonds is 3. The average molecular weight is 270 g/mol. The normalized spacial score (nSPS) is 10.8. The Labute approximate surface area is 115 Å². The summed E-state index contributed by atoms with van der Waals surface area (Å²) in [6.07, 6.45) is 2.76. The monoisotopic (exact) mass is 270 g/mol. The first-order valence-corrected chi connectivity index (χ1v) is 7.00. The first-order valence-electron chi connectivity index (χ1n) is 6.12. The molecule has 0 unspecified atom stereocenters. The summed E-state index contributed by atoms with van der Waals surface area (Å²) in [5, 5.41) is 9.58. The lowest BCUT2D eigenvalue weighted by Crippen LogP contribution is -1.87. The van der Waals surface area contributed by atoms with Crippen LogP contribution in [0, 0.1) is 0 Å². The minimum Gasteiger partial charge on any atom is -0.383 e. The maximum Gasteiger partial charge on any atom is 0.129 e. The van der Waals surface area contributed by atoms with E-state index in [1.807, 2.05) is 5.38 Å². The Kier molecular flexibility index (Phi) is 3.05. The van der Waals surface area contributed by atoms with Crippen molar-refractivity contribution in [1.82, 2.24) is 15.2 Å². The van der Waals surface area contributed by atoms with Gasteiger partial charge in [-0.1, -0.05) is 31.2 Å². The molecule has 3 N–H and O–H groups in total. The van der Waals surface area contributed by atoms with Gasteiger partial charge in [-0.2, -0.15) is 5.10 Å². The number of aromatic amines is 1. The second-order valence-corrected chi connectivity index (χ2v) is 5.14. The summed E-state index contributed by atoms with van der Waals surface area (Å²) >= 11 is 1.58. The molecular weight excluding hydrogens is 256 g/mol. The fraction of sp³-hybridized carbons (Fsp3) is 0.143. The van der Waals surface area contributed by atoms with Crippen LogP contribution in [0.3, 0.4) is 0 Å². The van der Waals surface area contributed by atoms with Crippen LogP contribution in [0.4, 0.5) is 5.82 Å². The maximum atomic E-state index is 5.81. The summed E-state index contributed by atoms with van der Waals surface area (Å²) < 4.78 is 0. The summed E-state index contributed by atoms with van der Waals surface area (Å²) in [7, 11) is 0. The molecule has 0 bridgehead atoms. The zero-order valence-corrected chi connectivity index (χ0v) is 11.4. The summed E-state index contributed by atoms with van der Waals surface area (Å²) in [4.78, 5) is 4.62. The van der Waals surface area contributed by atoms with Gasteiger partial charge in [0.2, 0.25) is 0 Å². The van der Waals surface area contributed by atoms with E-state index >= 15 is 0 Å². The smallest absolute Gasteiger partial charge is 0.129 e. The van der Waals surface area contributed by atoms with E-state index in [2.05, 4.69) is 46.4 Å². The Morgan fingerprint density at radius 2 is 2.05 bits per heavy atom. The Morgan fingerprint density at radius 1 is 1.26 bits per heavy atom. The van der Waals surface area contributed by atoms with Gasteiger partial charge < -0.3 is 5.73 Å². The third kappa shape index (κ3) is 2.24. The highest BCUT2D eigenvalue weighted by Gasteiger charge is 2.10. The van der Waals surface area contributed by atoms with Gasteiger partial charge in [0.15, 0.2) is 0 Å². The number of nitrogens with one attached hydrogen (secondary N) is 1. The fourth-order valence-corrected chi connectivity index (χ4v) is 2.76. The van der Waals surface area contributed by atoms with Crippen LogP contribution in [0.15, 0.2) is 35.8 Å². The molecule has 0 fully saturated rings. The van der Waals surface area contributed by atoms with Gasteiger partial charge >= 0.3 is 0 Å². The highest BCUT2D eigenvalue weighted by molar-refractivity contribution is 7.13. The number of nitrogens with zero attached hydrogens (tertiary/aromatic N) is 2. The topological polar surface area (TPSA) is 67.6 Å². The predicted octanol–water partition coefficient (Wildman–Crippen LogP) is 3.34. The first-order chi connectivity index (χ1) is 9.28. The molecule has 0 spiro atoms. The number of aryl methyl sites for hydroxylation is 1. The molecule has 0 saturated carbocycles. The van der Waals surface area contributed by atoms with E-state index in [0.717, 1.165) is 28.2 Å². The lowest BCUT2D eigenvalue weighted by atomic mass is 10.1. The molecule has 0 aliphatic heterocycles. The Hall–Kier alpha value is -2.14. The van der Waals surface area contributed by atoms with E-state index in [-0.39, 0.29) is 0 Å². The Morgan fingerprint density at radius 3 is 2.68 bits per heavy atom. The van der Waals surface area contributed by atoms with E-state index in [9.17, 15) is 0 Å². The van der Waals surface area contributed by atoms with Crippen LogP contribution in [0.2, 0.25) is 0 Å². The average Bonchev–Trinajstić information content (AvgIpc) is 3.07. The number of hydrogen-bond donors (Lipinski definition) is 2. The van der Waals surface area contributed by atoms with Crippen molar-refractivity contribution in [2.24, 2.45) is 0 Å². The number of aromatic nitrogens is 3. The number of benzene rings is 1. The number of thiazole rings is 1. The van der Waals surface area contributed by atoms with Crippen molar-refractivity contribution < 1.29 is 0 Å². The molecule has 3 rings (SSSR count). The minimum atomic E-state index is 0.558. The lowest BCUT2D eigenvalue weighted by molar-refractivity contribution is 1.10. The number of nitrogens with two attached hydrogens (primary N) is 1. The molecule has 0 amide bonds. The van der Waals surface area contributed by atoms with E-state index in [4.69, 9.17) is 5.73 Å². The van der Waals surface area contributed by atoms with Crippen LogP contribution in [-0.2, 0) is 6.42 Å². The summed E-state index contributed by atoms with van der Waals surface area (Å²) in [5.74, 6) is 0.558. The van der Waals surface area contributed by atoms with Crippen LogP contribution in [-0.4, -0.2) is 15.2 Å². The minimum absolute atomic E-state index is 0.558. The van der Waals surface area contributed by atoms with Crippen molar-refractivity contribution in [3.8, 4) is 21.8 Å². The zero-order valence-electron chi connectivity index (χ0n) is 10.6. The van der Waals surface area contributed by atoms with Crippen molar-refractivity contribution in [2.75, 3.05) is 5.73 Å². The summed E-state index contributed by atoms with van der Waals surface area (Å²) in [6.45, 7) is 2.15. The van der Waals surface area contributed by atoms with Gasteiger partial charge in [0.25, 0.3) is 0 Å². The molecule has 3 aromatic rings.